The van der Waals surface area contributed by atoms with Gasteiger partial charge in [0.2, 0.25) is 11.9 Å². The summed E-state index contributed by atoms with van der Waals surface area (Å²) in [6.45, 7) is 4.39. The van der Waals surface area contributed by atoms with Gasteiger partial charge in [-0.25, -0.2) is 4.98 Å². The third-order valence-corrected chi connectivity index (χ3v) is 6.47. The van der Waals surface area contributed by atoms with Crippen molar-refractivity contribution in [3.8, 4) is 16.9 Å². The summed E-state index contributed by atoms with van der Waals surface area (Å²) in [5.41, 5.74) is 2.25. The fourth-order valence-electron chi connectivity index (χ4n) is 3.60. The fourth-order valence-corrected chi connectivity index (χ4v) is 4.61. The van der Waals surface area contributed by atoms with Crippen LogP contribution in [0.1, 0.15) is 23.5 Å². The van der Waals surface area contributed by atoms with E-state index in [0.29, 0.717) is 33.1 Å². The third-order valence-electron chi connectivity index (χ3n) is 5.12. The Bertz CT molecular complexity index is 1320. The predicted octanol–water partition coefficient (Wildman–Crippen LogP) is 6.64. The highest BCUT2D eigenvalue weighted by molar-refractivity contribution is 7.12. The molecule has 0 fully saturated rings. The number of imidazole rings is 1. The molecule has 2 aromatic carbocycles. The van der Waals surface area contributed by atoms with Crippen LogP contribution in [-0.2, 0) is 4.79 Å². The molecule has 0 spiro atoms. The van der Waals surface area contributed by atoms with Crippen LogP contribution in [0.2, 0.25) is 10.0 Å². The monoisotopic (exact) mass is 526 g/mol. The maximum Gasteiger partial charge on any atom is 0.264 e. The highest BCUT2D eigenvalue weighted by Crippen LogP contribution is 2.27. The number of rotatable bonds is 8. The summed E-state index contributed by atoms with van der Waals surface area (Å²) >= 11 is 13.6. The van der Waals surface area contributed by atoms with Gasteiger partial charge in [0.1, 0.15) is 6.54 Å². The second-order valence-electron chi connectivity index (χ2n) is 8.41. The van der Waals surface area contributed by atoms with Crippen molar-refractivity contribution in [1.29, 1.82) is 0 Å². The lowest BCUT2D eigenvalue weighted by Crippen LogP contribution is -2.40. The number of amides is 2. The van der Waals surface area contributed by atoms with Crippen LogP contribution < -0.4 is 5.32 Å². The molecule has 0 aliphatic heterocycles. The molecule has 2 heterocycles. The van der Waals surface area contributed by atoms with Gasteiger partial charge in [0.25, 0.3) is 5.91 Å². The number of thiophene rings is 1. The van der Waals surface area contributed by atoms with Crippen LogP contribution in [0.5, 0.6) is 0 Å². The first-order valence-electron chi connectivity index (χ1n) is 11.0. The van der Waals surface area contributed by atoms with E-state index >= 15 is 0 Å². The normalized spacial score (nSPS) is 11.0. The molecular formula is C26H24Cl2N4O2S. The van der Waals surface area contributed by atoms with Crippen molar-refractivity contribution in [3.05, 3.63) is 87.2 Å². The first-order chi connectivity index (χ1) is 16.8. The number of nitrogens with zero attached hydrogens (tertiary/aromatic N) is 3. The Balaban J connectivity index is 1.62. The summed E-state index contributed by atoms with van der Waals surface area (Å²) < 4.78 is 1.77. The Morgan fingerprint density at radius 1 is 1.06 bits per heavy atom. The molecule has 1 N–H and O–H groups in total. The highest BCUT2D eigenvalue weighted by atomic mass is 35.5. The number of halogens is 2. The Morgan fingerprint density at radius 2 is 1.83 bits per heavy atom. The fraction of sp³-hybridized carbons (Fsp3) is 0.192. The van der Waals surface area contributed by atoms with Gasteiger partial charge >= 0.3 is 0 Å². The summed E-state index contributed by atoms with van der Waals surface area (Å²) in [5.74, 6) is 0.0305. The molecular weight excluding hydrogens is 503 g/mol. The topological polar surface area (TPSA) is 67.2 Å². The summed E-state index contributed by atoms with van der Waals surface area (Å²) in [6.07, 6.45) is 1.83. The predicted molar refractivity (Wildman–Crippen MR) is 143 cm³/mol. The van der Waals surface area contributed by atoms with E-state index in [1.54, 1.807) is 39.8 Å². The number of anilines is 1. The molecule has 0 aliphatic carbocycles. The summed E-state index contributed by atoms with van der Waals surface area (Å²) in [6, 6.07) is 18.2. The zero-order valence-electron chi connectivity index (χ0n) is 19.2. The molecule has 2 aromatic heterocycles. The Morgan fingerprint density at radius 3 is 2.49 bits per heavy atom. The van der Waals surface area contributed by atoms with Gasteiger partial charge in [-0.15, -0.1) is 11.3 Å². The molecule has 4 rings (SSSR count). The molecule has 0 aliphatic rings. The lowest BCUT2D eigenvalue weighted by Gasteiger charge is -2.23. The maximum absolute atomic E-state index is 13.1. The largest absolute Gasteiger partial charge is 0.328 e. The molecule has 2 amide bonds. The quantitative estimate of drug-likeness (QED) is 0.279. The molecule has 35 heavy (non-hydrogen) atoms. The van der Waals surface area contributed by atoms with E-state index in [0.717, 1.165) is 11.3 Å². The molecule has 0 unspecified atom stereocenters. The minimum absolute atomic E-state index is 0.0897. The van der Waals surface area contributed by atoms with E-state index in [4.69, 9.17) is 23.2 Å². The number of benzene rings is 2. The molecule has 0 radical (unpaired) electrons. The minimum atomic E-state index is -0.341. The number of hydrogen-bond acceptors (Lipinski definition) is 4. The van der Waals surface area contributed by atoms with E-state index in [2.05, 4.69) is 10.3 Å². The molecule has 0 saturated carbocycles. The molecule has 180 valence electrons. The zero-order valence-corrected chi connectivity index (χ0v) is 21.6. The number of carbonyl (C=O) groups excluding carboxylic acids is 2. The minimum Gasteiger partial charge on any atom is -0.328 e. The molecule has 0 bridgehead atoms. The molecule has 6 nitrogen and oxygen atoms in total. The van der Waals surface area contributed by atoms with Crippen molar-refractivity contribution in [3.63, 3.8) is 0 Å². The summed E-state index contributed by atoms with van der Waals surface area (Å²) in [4.78, 5) is 32.9. The lowest BCUT2D eigenvalue weighted by molar-refractivity contribution is -0.117. The van der Waals surface area contributed by atoms with Crippen LogP contribution in [0.3, 0.4) is 0 Å². The van der Waals surface area contributed by atoms with Gasteiger partial charge in [0, 0.05) is 34.0 Å². The van der Waals surface area contributed by atoms with Gasteiger partial charge in [0.15, 0.2) is 0 Å². The van der Waals surface area contributed by atoms with Crippen LogP contribution in [0.4, 0.5) is 5.95 Å². The van der Waals surface area contributed by atoms with Crippen LogP contribution in [-0.4, -0.2) is 39.4 Å². The SMILES string of the molecule is CC(C)CN(CC(=O)Nc1nc(-c2ccc(Cl)cc2)cn1-c1cccc(Cl)c1)C(=O)c1cccs1. The molecule has 9 heteroatoms. The lowest BCUT2D eigenvalue weighted by atomic mass is 10.2. The van der Waals surface area contributed by atoms with Crippen LogP contribution in [0.15, 0.2) is 72.2 Å². The number of carbonyl (C=O) groups is 2. The first kappa shape index (κ1) is 25.0. The van der Waals surface area contributed by atoms with Gasteiger partial charge in [-0.2, -0.15) is 0 Å². The van der Waals surface area contributed by atoms with Gasteiger partial charge in [-0.1, -0.05) is 61.3 Å². The maximum atomic E-state index is 13.1. The number of hydrogen-bond donors (Lipinski definition) is 1. The van der Waals surface area contributed by atoms with Crippen molar-refractivity contribution < 1.29 is 9.59 Å². The first-order valence-corrected chi connectivity index (χ1v) is 12.7. The smallest absolute Gasteiger partial charge is 0.264 e. The van der Waals surface area contributed by atoms with Gasteiger partial charge in [0.05, 0.1) is 10.6 Å². The van der Waals surface area contributed by atoms with Crippen molar-refractivity contribution in [2.45, 2.75) is 13.8 Å². The van der Waals surface area contributed by atoms with E-state index in [-0.39, 0.29) is 24.3 Å². The van der Waals surface area contributed by atoms with Crippen molar-refractivity contribution in [1.82, 2.24) is 14.5 Å². The highest BCUT2D eigenvalue weighted by Gasteiger charge is 2.22. The molecule has 0 atom stereocenters. The Labute approximate surface area is 218 Å². The van der Waals surface area contributed by atoms with Crippen LogP contribution in [0, 0.1) is 5.92 Å². The average Bonchev–Trinajstić information content (AvgIpc) is 3.49. The van der Waals surface area contributed by atoms with Gasteiger partial charge < -0.3 is 4.90 Å². The second kappa shape index (κ2) is 11.1. The molecule has 0 saturated heterocycles. The van der Waals surface area contributed by atoms with Crippen LogP contribution in [0.25, 0.3) is 16.9 Å². The average molecular weight is 527 g/mol. The van der Waals surface area contributed by atoms with E-state index < -0.39 is 0 Å². The van der Waals surface area contributed by atoms with Gasteiger partial charge in [-0.3, -0.25) is 19.5 Å². The van der Waals surface area contributed by atoms with Crippen LogP contribution >= 0.6 is 34.5 Å². The second-order valence-corrected chi connectivity index (χ2v) is 10.2. The summed E-state index contributed by atoms with van der Waals surface area (Å²) in [5, 5.41) is 5.92. The molecule has 4 aromatic rings. The summed E-state index contributed by atoms with van der Waals surface area (Å²) in [7, 11) is 0. The van der Waals surface area contributed by atoms with Crippen molar-refractivity contribution >= 4 is 52.3 Å². The zero-order chi connectivity index (χ0) is 24.9. The number of aromatic nitrogens is 2. The van der Waals surface area contributed by atoms with Gasteiger partial charge in [-0.05, 0) is 47.7 Å². The third kappa shape index (κ3) is 6.31. The van der Waals surface area contributed by atoms with Crippen molar-refractivity contribution in [2.24, 2.45) is 5.92 Å². The Hall–Kier alpha value is -3.13. The van der Waals surface area contributed by atoms with E-state index in [1.165, 1.54) is 11.3 Å². The standard InChI is InChI=1S/C26H24Cl2N4O2S/c1-17(2)14-31(25(34)23-7-4-12-35-23)16-24(33)30-26-29-22(18-8-10-19(27)11-9-18)15-32(26)21-6-3-5-20(28)13-21/h3-13,15,17H,14,16H2,1-2H3,(H,29,30,33). The van der Waals surface area contributed by atoms with E-state index in [9.17, 15) is 9.59 Å². The van der Waals surface area contributed by atoms with E-state index in [1.807, 2.05) is 55.8 Å². The van der Waals surface area contributed by atoms with Crippen molar-refractivity contribution in [2.75, 3.05) is 18.4 Å². The number of nitrogens with one attached hydrogen (secondary N) is 1. The Kier molecular flexibility index (Phi) is 7.90.